The molecule has 1 saturated heterocycles. The number of nitrogens with zero attached hydrogens (tertiary/aromatic N) is 1. The molecule has 1 atom stereocenters. The third-order valence-corrected chi connectivity index (χ3v) is 6.57. The van der Waals surface area contributed by atoms with Crippen molar-refractivity contribution >= 4 is 21.6 Å². The molecule has 0 aromatic heterocycles. The number of carbonyl (C=O) groups excluding carboxylic acids is 1. The number of sulfonamides is 1. The van der Waals surface area contributed by atoms with Crippen LogP contribution >= 0.6 is 0 Å². The molecule has 0 unspecified atom stereocenters. The van der Waals surface area contributed by atoms with Gasteiger partial charge in [0.25, 0.3) is 5.91 Å². The van der Waals surface area contributed by atoms with Crippen molar-refractivity contribution in [2.45, 2.75) is 25.8 Å². The summed E-state index contributed by atoms with van der Waals surface area (Å²) in [6.07, 6.45) is 1.53. The molecule has 8 heteroatoms. The van der Waals surface area contributed by atoms with Gasteiger partial charge in [0.15, 0.2) is 11.5 Å². The molecule has 1 fully saturated rings. The minimum absolute atomic E-state index is 0.166. The number of methoxy groups -OCH3 is 1. The smallest absolute Gasteiger partial charge is 0.251 e. The van der Waals surface area contributed by atoms with Crippen molar-refractivity contribution < 1.29 is 22.7 Å². The predicted molar refractivity (Wildman–Crippen MR) is 112 cm³/mol. The highest BCUT2D eigenvalue weighted by Crippen LogP contribution is 2.26. The fourth-order valence-corrected chi connectivity index (χ4v) is 4.80. The molecule has 29 heavy (non-hydrogen) atoms. The van der Waals surface area contributed by atoms with Crippen LogP contribution in [0.25, 0.3) is 0 Å². The summed E-state index contributed by atoms with van der Waals surface area (Å²) in [5.41, 5.74) is 1.06. The van der Waals surface area contributed by atoms with Crippen LogP contribution in [-0.4, -0.2) is 46.4 Å². The zero-order valence-electron chi connectivity index (χ0n) is 16.6. The number of amides is 1. The maximum Gasteiger partial charge on any atom is 0.251 e. The van der Waals surface area contributed by atoms with E-state index in [1.165, 1.54) is 4.31 Å². The summed E-state index contributed by atoms with van der Waals surface area (Å²) >= 11 is 0. The molecule has 3 rings (SSSR count). The minimum atomic E-state index is -3.26. The molecule has 156 valence electrons. The van der Waals surface area contributed by atoms with E-state index in [0.717, 1.165) is 6.42 Å². The Hall–Kier alpha value is -2.74. The predicted octanol–water partition coefficient (Wildman–Crippen LogP) is 2.82. The van der Waals surface area contributed by atoms with Crippen LogP contribution in [0.15, 0.2) is 48.5 Å². The van der Waals surface area contributed by atoms with Gasteiger partial charge >= 0.3 is 0 Å². The standard InChI is InChI=1S/C21H26N2O5S/c1-16(15-28-20-8-4-3-7-19(20)27-2)22-21(24)17-9-11-18(12-10-17)23-13-5-6-14-29(23,25)26/h3-4,7-12,16H,5-6,13-15H2,1-2H3,(H,22,24)/t16-/m1/s1. The van der Waals surface area contributed by atoms with E-state index < -0.39 is 10.0 Å². The van der Waals surface area contributed by atoms with Crippen molar-refractivity contribution in [3.05, 3.63) is 54.1 Å². The number of para-hydroxylation sites is 2. The highest BCUT2D eigenvalue weighted by Gasteiger charge is 2.26. The molecule has 1 aliphatic rings. The first kappa shape index (κ1) is 21.0. The molecular weight excluding hydrogens is 392 g/mol. The van der Waals surface area contributed by atoms with Gasteiger partial charge in [-0.3, -0.25) is 9.10 Å². The van der Waals surface area contributed by atoms with Crippen LogP contribution in [0.3, 0.4) is 0 Å². The zero-order valence-corrected chi connectivity index (χ0v) is 17.4. The summed E-state index contributed by atoms with van der Waals surface area (Å²) in [6.45, 7) is 2.61. The Morgan fingerprint density at radius 2 is 1.79 bits per heavy atom. The van der Waals surface area contributed by atoms with Crippen LogP contribution < -0.4 is 19.1 Å². The molecule has 0 bridgehead atoms. The van der Waals surface area contributed by atoms with Gasteiger partial charge in [0.1, 0.15) is 6.61 Å². The van der Waals surface area contributed by atoms with Gasteiger partial charge in [-0.05, 0) is 56.2 Å². The van der Waals surface area contributed by atoms with E-state index >= 15 is 0 Å². The van der Waals surface area contributed by atoms with Gasteiger partial charge in [-0.1, -0.05) is 12.1 Å². The highest BCUT2D eigenvalue weighted by atomic mass is 32.2. The summed E-state index contributed by atoms with van der Waals surface area (Å²) in [5, 5.41) is 2.88. The van der Waals surface area contributed by atoms with E-state index in [-0.39, 0.29) is 24.3 Å². The van der Waals surface area contributed by atoms with Crippen LogP contribution in [0.1, 0.15) is 30.1 Å². The van der Waals surface area contributed by atoms with Crippen molar-refractivity contribution in [2.24, 2.45) is 0 Å². The Labute approximate surface area is 171 Å². The van der Waals surface area contributed by atoms with Gasteiger partial charge in [-0.15, -0.1) is 0 Å². The first-order valence-electron chi connectivity index (χ1n) is 9.58. The van der Waals surface area contributed by atoms with Crippen molar-refractivity contribution in [1.29, 1.82) is 0 Å². The van der Waals surface area contributed by atoms with Crippen molar-refractivity contribution in [2.75, 3.05) is 30.3 Å². The van der Waals surface area contributed by atoms with Gasteiger partial charge < -0.3 is 14.8 Å². The molecule has 2 aromatic rings. The Balaban J connectivity index is 1.57. The molecule has 0 aliphatic carbocycles. The average molecular weight is 419 g/mol. The quantitative estimate of drug-likeness (QED) is 0.747. The van der Waals surface area contributed by atoms with Crippen LogP contribution in [-0.2, 0) is 10.0 Å². The van der Waals surface area contributed by atoms with Gasteiger partial charge in [0.2, 0.25) is 10.0 Å². The maximum absolute atomic E-state index is 12.5. The Kier molecular flexibility index (Phi) is 6.64. The number of nitrogens with one attached hydrogen (secondary N) is 1. The molecule has 1 heterocycles. The van der Waals surface area contributed by atoms with Crippen molar-refractivity contribution in [3.63, 3.8) is 0 Å². The first-order chi connectivity index (χ1) is 13.9. The van der Waals surface area contributed by atoms with Crippen LogP contribution in [0.5, 0.6) is 11.5 Å². The lowest BCUT2D eigenvalue weighted by Crippen LogP contribution is -2.38. The van der Waals surface area contributed by atoms with Crippen molar-refractivity contribution in [3.8, 4) is 11.5 Å². The Morgan fingerprint density at radius 1 is 1.10 bits per heavy atom. The Morgan fingerprint density at radius 3 is 2.45 bits per heavy atom. The largest absolute Gasteiger partial charge is 0.493 e. The van der Waals surface area contributed by atoms with Crippen LogP contribution in [0.4, 0.5) is 5.69 Å². The van der Waals surface area contributed by atoms with Gasteiger partial charge in [-0.25, -0.2) is 8.42 Å². The lowest BCUT2D eigenvalue weighted by molar-refractivity contribution is 0.0926. The average Bonchev–Trinajstić information content (AvgIpc) is 2.72. The molecule has 7 nitrogen and oxygen atoms in total. The van der Waals surface area contributed by atoms with Crippen molar-refractivity contribution in [1.82, 2.24) is 5.32 Å². The summed E-state index contributed by atoms with van der Waals surface area (Å²) < 4.78 is 36.8. The number of carbonyl (C=O) groups is 1. The second kappa shape index (κ2) is 9.17. The van der Waals surface area contributed by atoms with E-state index in [1.807, 2.05) is 25.1 Å². The van der Waals surface area contributed by atoms with Gasteiger partial charge in [-0.2, -0.15) is 0 Å². The van der Waals surface area contributed by atoms with E-state index in [2.05, 4.69) is 5.32 Å². The normalized spacial score (nSPS) is 16.7. The third-order valence-electron chi connectivity index (χ3n) is 4.70. The number of benzene rings is 2. The minimum Gasteiger partial charge on any atom is -0.493 e. The number of anilines is 1. The topological polar surface area (TPSA) is 84.9 Å². The molecule has 0 spiro atoms. The Bertz CT molecular complexity index is 944. The second-order valence-electron chi connectivity index (χ2n) is 6.98. The molecule has 1 N–H and O–H groups in total. The fourth-order valence-electron chi connectivity index (χ4n) is 3.16. The lowest BCUT2D eigenvalue weighted by Gasteiger charge is -2.28. The summed E-state index contributed by atoms with van der Waals surface area (Å²) in [5.74, 6) is 1.17. The fraction of sp³-hybridized carbons (Fsp3) is 0.381. The summed E-state index contributed by atoms with van der Waals surface area (Å²) in [7, 11) is -1.69. The molecule has 1 amide bonds. The summed E-state index contributed by atoms with van der Waals surface area (Å²) in [6, 6.07) is 13.7. The maximum atomic E-state index is 12.5. The van der Waals surface area contributed by atoms with E-state index in [9.17, 15) is 13.2 Å². The van der Waals surface area contributed by atoms with Crippen LogP contribution in [0.2, 0.25) is 0 Å². The molecule has 2 aromatic carbocycles. The SMILES string of the molecule is COc1ccccc1OC[C@@H](C)NC(=O)c1ccc(N2CCCCS2(=O)=O)cc1. The molecule has 0 saturated carbocycles. The molecule has 0 radical (unpaired) electrons. The first-order valence-corrected chi connectivity index (χ1v) is 11.2. The number of hydrogen-bond donors (Lipinski definition) is 1. The third kappa shape index (κ3) is 5.20. The monoisotopic (exact) mass is 418 g/mol. The number of hydrogen-bond acceptors (Lipinski definition) is 5. The summed E-state index contributed by atoms with van der Waals surface area (Å²) in [4.78, 5) is 12.5. The number of ether oxygens (including phenoxy) is 2. The van der Waals surface area contributed by atoms with Crippen LogP contribution in [0, 0.1) is 0 Å². The molecule has 1 aliphatic heterocycles. The second-order valence-corrected chi connectivity index (χ2v) is 8.99. The lowest BCUT2D eigenvalue weighted by atomic mass is 10.1. The van der Waals surface area contributed by atoms with Gasteiger partial charge in [0, 0.05) is 12.1 Å². The van der Waals surface area contributed by atoms with E-state index in [0.29, 0.717) is 35.7 Å². The molecular formula is C21H26N2O5S. The zero-order chi connectivity index (χ0) is 20.9. The van der Waals surface area contributed by atoms with E-state index in [1.54, 1.807) is 37.4 Å². The number of rotatable bonds is 7. The van der Waals surface area contributed by atoms with E-state index in [4.69, 9.17) is 9.47 Å². The van der Waals surface area contributed by atoms with Gasteiger partial charge in [0.05, 0.1) is 24.6 Å². The highest BCUT2D eigenvalue weighted by molar-refractivity contribution is 7.92.